The topological polar surface area (TPSA) is 98.6 Å². The van der Waals surface area contributed by atoms with Crippen molar-refractivity contribution in [2.75, 3.05) is 13.1 Å². The number of esters is 1. The maximum absolute atomic E-state index is 13.0. The maximum Gasteiger partial charge on any atom is 0.306 e. The summed E-state index contributed by atoms with van der Waals surface area (Å²) in [5.41, 5.74) is 2.97. The first-order valence-electron chi connectivity index (χ1n) is 12.0. The van der Waals surface area contributed by atoms with Gasteiger partial charge in [0.1, 0.15) is 12.4 Å². The monoisotopic (exact) mass is 497 g/mol. The van der Waals surface area contributed by atoms with Crippen LogP contribution in [-0.2, 0) is 32.7 Å². The molecule has 0 bridgehead atoms. The molecule has 3 aromatic rings. The van der Waals surface area contributed by atoms with Gasteiger partial charge in [0.15, 0.2) is 5.78 Å². The number of ether oxygens (including phenoxy) is 1. The Morgan fingerprint density at radius 3 is 2.40 bits per heavy atom. The number of imidazole rings is 1. The minimum atomic E-state index is -3.56. The predicted octanol–water partition coefficient (Wildman–Crippen LogP) is 4.25. The van der Waals surface area contributed by atoms with Gasteiger partial charge in [0, 0.05) is 31.6 Å². The quantitative estimate of drug-likeness (QED) is 0.324. The number of aryl methyl sites for hydroxylation is 2. The normalized spacial score (nSPS) is 14.8. The highest BCUT2D eigenvalue weighted by Gasteiger charge is 2.26. The van der Waals surface area contributed by atoms with E-state index in [-0.39, 0.29) is 30.1 Å². The molecule has 8 nitrogen and oxygen atoms in total. The summed E-state index contributed by atoms with van der Waals surface area (Å²) in [4.78, 5) is 29.4. The Balaban J connectivity index is 1.42. The van der Waals surface area contributed by atoms with Crippen LogP contribution in [0.5, 0.6) is 0 Å². The summed E-state index contributed by atoms with van der Waals surface area (Å²) in [6, 6.07) is 12.2. The highest BCUT2D eigenvalue weighted by molar-refractivity contribution is 7.89. The van der Waals surface area contributed by atoms with Gasteiger partial charge in [-0.15, -0.1) is 0 Å². The standard InChI is InChI=1S/C26H31N3O5S/c1-3-29-23-12-11-21(35(32,33)28-15-5-4-6-16-28)17-22(23)27-25(29)18-34-26(31)14-13-24(30)20-9-7-19(2)8-10-20/h7-12,17H,3-6,13-16,18H2,1-2H3. The fourth-order valence-electron chi connectivity index (χ4n) is 4.35. The number of sulfonamides is 1. The Morgan fingerprint density at radius 1 is 1.00 bits per heavy atom. The van der Waals surface area contributed by atoms with Gasteiger partial charge < -0.3 is 9.30 Å². The average Bonchev–Trinajstić information content (AvgIpc) is 3.23. The number of Topliss-reactive ketones (excluding diaryl/α,β-unsaturated/α-hetero) is 1. The van der Waals surface area contributed by atoms with Gasteiger partial charge in [0.25, 0.3) is 0 Å². The van der Waals surface area contributed by atoms with Crippen LogP contribution in [0.2, 0.25) is 0 Å². The van der Waals surface area contributed by atoms with Crippen molar-refractivity contribution in [3.8, 4) is 0 Å². The molecule has 1 aliphatic heterocycles. The third-order valence-corrected chi connectivity index (χ3v) is 8.25. The second-order valence-corrected chi connectivity index (χ2v) is 10.8. The second kappa shape index (κ2) is 10.7. The van der Waals surface area contributed by atoms with Crippen LogP contribution < -0.4 is 0 Å². The number of hydrogen-bond donors (Lipinski definition) is 0. The van der Waals surface area contributed by atoms with E-state index in [2.05, 4.69) is 4.98 Å². The zero-order chi connectivity index (χ0) is 25.0. The lowest BCUT2D eigenvalue weighted by Gasteiger charge is -2.25. The van der Waals surface area contributed by atoms with Gasteiger partial charge in [-0.3, -0.25) is 9.59 Å². The second-order valence-electron chi connectivity index (χ2n) is 8.84. The number of aromatic nitrogens is 2. The fraction of sp³-hybridized carbons (Fsp3) is 0.423. The molecule has 1 aliphatic rings. The van der Waals surface area contributed by atoms with E-state index in [1.54, 1.807) is 30.3 Å². The van der Waals surface area contributed by atoms with Crippen molar-refractivity contribution in [3.05, 3.63) is 59.4 Å². The molecular weight excluding hydrogens is 466 g/mol. The highest BCUT2D eigenvalue weighted by atomic mass is 32.2. The number of carbonyl (C=O) groups is 2. The van der Waals surface area contributed by atoms with E-state index in [1.807, 2.05) is 30.5 Å². The van der Waals surface area contributed by atoms with E-state index in [1.165, 1.54) is 4.31 Å². The lowest BCUT2D eigenvalue weighted by Crippen LogP contribution is -2.35. The van der Waals surface area contributed by atoms with Gasteiger partial charge in [-0.25, -0.2) is 13.4 Å². The summed E-state index contributed by atoms with van der Waals surface area (Å²) in [6.07, 6.45) is 2.85. The number of benzene rings is 2. The number of carbonyl (C=O) groups excluding carboxylic acids is 2. The van der Waals surface area contributed by atoms with Gasteiger partial charge >= 0.3 is 5.97 Å². The number of ketones is 1. The number of rotatable bonds is 9. The minimum absolute atomic E-state index is 0.0166. The number of fused-ring (bicyclic) bond motifs is 1. The molecule has 0 amide bonds. The van der Waals surface area contributed by atoms with Gasteiger partial charge in [0.2, 0.25) is 10.0 Å². The molecule has 2 heterocycles. The molecule has 1 aromatic heterocycles. The Kier molecular flexibility index (Phi) is 7.66. The van der Waals surface area contributed by atoms with E-state index in [0.29, 0.717) is 36.5 Å². The average molecular weight is 498 g/mol. The predicted molar refractivity (Wildman–Crippen MR) is 133 cm³/mol. The van der Waals surface area contributed by atoms with E-state index in [9.17, 15) is 18.0 Å². The Labute approximate surface area is 206 Å². The van der Waals surface area contributed by atoms with Crippen LogP contribution in [0.1, 0.15) is 60.8 Å². The van der Waals surface area contributed by atoms with Gasteiger partial charge in [-0.1, -0.05) is 36.2 Å². The van der Waals surface area contributed by atoms with Gasteiger partial charge in [-0.2, -0.15) is 4.31 Å². The fourth-order valence-corrected chi connectivity index (χ4v) is 5.89. The molecule has 0 radical (unpaired) electrons. The van der Waals surface area contributed by atoms with Gasteiger partial charge in [0.05, 0.1) is 22.3 Å². The van der Waals surface area contributed by atoms with Crippen LogP contribution in [0, 0.1) is 6.92 Å². The van der Waals surface area contributed by atoms with Crippen molar-refractivity contribution >= 4 is 32.8 Å². The summed E-state index contributed by atoms with van der Waals surface area (Å²) >= 11 is 0. The van der Waals surface area contributed by atoms with E-state index in [4.69, 9.17) is 4.74 Å². The molecule has 0 aliphatic carbocycles. The molecular formula is C26H31N3O5S. The summed E-state index contributed by atoms with van der Waals surface area (Å²) < 4.78 is 34.9. The van der Waals surface area contributed by atoms with Crippen molar-refractivity contribution in [2.45, 2.75) is 64.0 Å². The molecule has 0 spiro atoms. The minimum Gasteiger partial charge on any atom is -0.457 e. The number of hydrogen-bond acceptors (Lipinski definition) is 6. The van der Waals surface area contributed by atoms with E-state index < -0.39 is 16.0 Å². The van der Waals surface area contributed by atoms with Crippen LogP contribution in [0.25, 0.3) is 11.0 Å². The molecule has 9 heteroatoms. The highest BCUT2D eigenvalue weighted by Crippen LogP contribution is 2.25. The van der Waals surface area contributed by atoms with Crippen molar-refractivity contribution in [2.24, 2.45) is 0 Å². The molecule has 0 atom stereocenters. The first-order valence-corrected chi connectivity index (χ1v) is 13.5. The van der Waals surface area contributed by atoms with Crippen LogP contribution in [0.3, 0.4) is 0 Å². The Hall–Kier alpha value is -3.04. The molecule has 0 saturated carbocycles. The molecule has 4 rings (SSSR count). The Bertz CT molecular complexity index is 1320. The molecule has 2 aromatic carbocycles. The first kappa shape index (κ1) is 25.1. The largest absolute Gasteiger partial charge is 0.457 e. The lowest BCUT2D eigenvalue weighted by molar-refractivity contribution is -0.145. The summed E-state index contributed by atoms with van der Waals surface area (Å²) in [6.45, 7) is 5.52. The zero-order valence-electron chi connectivity index (χ0n) is 20.2. The van der Waals surface area contributed by atoms with Crippen LogP contribution in [0.4, 0.5) is 0 Å². The number of piperidine rings is 1. The third-order valence-electron chi connectivity index (χ3n) is 6.36. The van der Waals surface area contributed by atoms with Crippen molar-refractivity contribution < 1.29 is 22.7 Å². The maximum atomic E-state index is 13.0. The number of nitrogens with zero attached hydrogens (tertiary/aromatic N) is 3. The van der Waals surface area contributed by atoms with E-state index in [0.717, 1.165) is 30.3 Å². The van der Waals surface area contributed by atoms with Crippen LogP contribution in [-0.4, -0.2) is 47.1 Å². The molecule has 0 unspecified atom stereocenters. The van der Waals surface area contributed by atoms with Crippen molar-refractivity contribution in [1.29, 1.82) is 0 Å². The van der Waals surface area contributed by atoms with Crippen molar-refractivity contribution in [1.82, 2.24) is 13.9 Å². The summed E-state index contributed by atoms with van der Waals surface area (Å²) in [5, 5.41) is 0. The van der Waals surface area contributed by atoms with Crippen LogP contribution in [0.15, 0.2) is 47.4 Å². The molecule has 0 N–H and O–H groups in total. The zero-order valence-corrected chi connectivity index (χ0v) is 21.0. The summed E-state index contributed by atoms with van der Waals surface area (Å²) in [7, 11) is -3.56. The van der Waals surface area contributed by atoms with Gasteiger partial charge in [-0.05, 0) is 44.9 Å². The molecule has 1 saturated heterocycles. The van der Waals surface area contributed by atoms with Crippen molar-refractivity contribution in [3.63, 3.8) is 0 Å². The lowest BCUT2D eigenvalue weighted by atomic mass is 10.1. The van der Waals surface area contributed by atoms with E-state index >= 15 is 0 Å². The Morgan fingerprint density at radius 2 is 1.71 bits per heavy atom. The first-order chi connectivity index (χ1) is 16.8. The van der Waals surface area contributed by atoms with Crippen LogP contribution >= 0.6 is 0 Å². The summed E-state index contributed by atoms with van der Waals surface area (Å²) in [5.74, 6) is -0.0491. The molecule has 186 valence electrons. The molecule has 35 heavy (non-hydrogen) atoms. The molecule has 1 fully saturated rings. The third kappa shape index (κ3) is 5.62. The smallest absolute Gasteiger partial charge is 0.306 e. The SMILES string of the molecule is CCn1c(COC(=O)CCC(=O)c2ccc(C)cc2)nc2cc(S(=O)(=O)N3CCCCC3)ccc21.